The Balaban J connectivity index is 1.62. The number of thiophene rings is 1. The lowest BCUT2D eigenvalue weighted by Crippen LogP contribution is -2.23. The number of rotatable bonds is 5. The first-order valence-corrected chi connectivity index (χ1v) is 10.5. The lowest BCUT2D eigenvalue weighted by molar-refractivity contribution is 0.0831. The maximum absolute atomic E-state index is 12.9. The molecule has 1 aromatic heterocycles. The van der Waals surface area contributed by atoms with E-state index in [0.717, 1.165) is 36.7 Å². The zero-order valence-electron chi connectivity index (χ0n) is 16.6. The largest absolute Gasteiger partial charge is 0.496 e. The Labute approximate surface area is 170 Å². The Morgan fingerprint density at radius 1 is 1.18 bits per heavy atom. The number of benzene rings is 2. The summed E-state index contributed by atoms with van der Waals surface area (Å²) < 4.78 is 6.71. The van der Waals surface area contributed by atoms with Gasteiger partial charge >= 0.3 is 0 Å². The maximum atomic E-state index is 12.9. The number of hydrogen-bond acceptors (Lipinski definition) is 4. The van der Waals surface area contributed by atoms with Crippen molar-refractivity contribution in [2.24, 2.45) is 0 Å². The SMILES string of the molecule is COc1ccccc1CN1CC[C@H](c2c(C(=O)N(C)C)sc3ccccc23)C1. The molecule has 4 nitrogen and oxygen atoms in total. The highest BCUT2D eigenvalue weighted by Crippen LogP contribution is 2.41. The van der Waals surface area contributed by atoms with Crippen LogP contribution < -0.4 is 4.74 Å². The van der Waals surface area contributed by atoms with E-state index in [1.165, 1.54) is 21.2 Å². The van der Waals surface area contributed by atoms with E-state index in [2.05, 4.69) is 41.3 Å². The molecular formula is C23H26N2O2S. The number of nitrogens with zero attached hydrogens (tertiary/aromatic N) is 2. The van der Waals surface area contributed by atoms with Gasteiger partial charge in [0.1, 0.15) is 5.75 Å². The van der Waals surface area contributed by atoms with Gasteiger partial charge in [0.25, 0.3) is 5.91 Å². The number of likely N-dealkylation sites (tertiary alicyclic amines) is 1. The standard InChI is InChI=1S/C23H26N2O2S/c1-24(2)23(26)22-21(18-9-5-7-11-20(18)28-22)17-12-13-25(15-17)14-16-8-4-6-10-19(16)27-3/h4-11,17H,12-15H2,1-3H3/t17-/m0/s1. The highest BCUT2D eigenvalue weighted by molar-refractivity contribution is 7.21. The Morgan fingerprint density at radius 3 is 2.71 bits per heavy atom. The van der Waals surface area contributed by atoms with Gasteiger partial charge in [0.05, 0.1) is 12.0 Å². The van der Waals surface area contributed by atoms with Crippen molar-refractivity contribution in [3.8, 4) is 5.75 Å². The molecule has 1 saturated heterocycles. The Morgan fingerprint density at radius 2 is 1.93 bits per heavy atom. The van der Waals surface area contributed by atoms with E-state index in [1.807, 2.05) is 26.2 Å². The van der Waals surface area contributed by atoms with Crippen LogP contribution in [0.25, 0.3) is 10.1 Å². The van der Waals surface area contributed by atoms with Gasteiger partial charge in [-0.15, -0.1) is 11.3 Å². The number of hydrogen-bond donors (Lipinski definition) is 0. The maximum Gasteiger partial charge on any atom is 0.263 e. The van der Waals surface area contributed by atoms with E-state index in [-0.39, 0.29) is 5.91 Å². The second kappa shape index (κ2) is 7.94. The Hall–Kier alpha value is -2.37. The third kappa shape index (κ3) is 3.52. The number of para-hydroxylation sites is 1. The molecule has 1 aliphatic rings. The zero-order valence-corrected chi connectivity index (χ0v) is 17.5. The summed E-state index contributed by atoms with van der Waals surface area (Å²) in [5.74, 6) is 1.43. The summed E-state index contributed by atoms with van der Waals surface area (Å²) in [6, 6.07) is 16.6. The second-order valence-corrected chi connectivity index (χ2v) is 8.63. The van der Waals surface area contributed by atoms with Gasteiger partial charge in [0, 0.05) is 43.4 Å². The molecule has 28 heavy (non-hydrogen) atoms. The molecule has 1 amide bonds. The fourth-order valence-corrected chi connectivity index (χ4v) is 5.43. The molecule has 3 aromatic rings. The third-order valence-electron chi connectivity index (χ3n) is 5.50. The molecule has 1 aliphatic heterocycles. The smallest absolute Gasteiger partial charge is 0.263 e. The number of methoxy groups -OCH3 is 1. The van der Waals surface area contributed by atoms with E-state index in [9.17, 15) is 4.79 Å². The van der Waals surface area contributed by atoms with Crippen LogP contribution in [0.4, 0.5) is 0 Å². The number of fused-ring (bicyclic) bond motifs is 1. The van der Waals surface area contributed by atoms with Crippen molar-refractivity contribution in [3.63, 3.8) is 0 Å². The van der Waals surface area contributed by atoms with Crippen LogP contribution in [0.2, 0.25) is 0 Å². The first-order chi connectivity index (χ1) is 13.6. The van der Waals surface area contributed by atoms with Crippen molar-refractivity contribution in [3.05, 3.63) is 64.5 Å². The van der Waals surface area contributed by atoms with E-state index in [0.29, 0.717) is 5.92 Å². The van der Waals surface area contributed by atoms with Crippen molar-refractivity contribution in [1.29, 1.82) is 0 Å². The van der Waals surface area contributed by atoms with Gasteiger partial charge in [-0.3, -0.25) is 9.69 Å². The number of ether oxygens (including phenoxy) is 1. The summed E-state index contributed by atoms with van der Waals surface area (Å²) in [5.41, 5.74) is 2.45. The summed E-state index contributed by atoms with van der Waals surface area (Å²) in [6.45, 7) is 2.87. The minimum Gasteiger partial charge on any atom is -0.496 e. The molecule has 1 atom stereocenters. The predicted octanol–water partition coefficient (Wildman–Crippen LogP) is 4.60. The van der Waals surface area contributed by atoms with Crippen LogP contribution in [-0.2, 0) is 6.54 Å². The second-order valence-electron chi connectivity index (χ2n) is 7.57. The molecule has 0 unspecified atom stereocenters. The first kappa shape index (κ1) is 19.0. The van der Waals surface area contributed by atoms with Crippen molar-refractivity contribution < 1.29 is 9.53 Å². The Bertz CT molecular complexity index is 995. The molecule has 4 rings (SSSR count). The molecular weight excluding hydrogens is 368 g/mol. The van der Waals surface area contributed by atoms with Gasteiger partial charge in [-0.05, 0) is 36.0 Å². The van der Waals surface area contributed by atoms with Gasteiger partial charge in [0.2, 0.25) is 0 Å². The molecule has 1 fully saturated rings. The molecule has 0 radical (unpaired) electrons. The van der Waals surface area contributed by atoms with Crippen LogP contribution in [0, 0.1) is 0 Å². The first-order valence-electron chi connectivity index (χ1n) is 9.65. The Kier molecular flexibility index (Phi) is 5.38. The zero-order chi connectivity index (χ0) is 19.7. The van der Waals surface area contributed by atoms with Crippen LogP contribution >= 0.6 is 11.3 Å². The van der Waals surface area contributed by atoms with Gasteiger partial charge in [-0.25, -0.2) is 0 Å². The molecule has 0 bridgehead atoms. The minimum atomic E-state index is 0.111. The quantitative estimate of drug-likeness (QED) is 0.634. The van der Waals surface area contributed by atoms with Crippen molar-refractivity contribution in [2.45, 2.75) is 18.9 Å². The summed E-state index contributed by atoms with van der Waals surface area (Å²) in [6.07, 6.45) is 1.07. The van der Waals surface area contributed by atoms with Gasteiger partial charge in [-0.1, -0.05) is 36.4 Å². The number of carbonyl (C=O) groups is 1. The van der Waals surface area contributed by atoms with E-state index >= 15 is 0 Å². The molecule has 0 saturated carbocycles. The van der Waals surface area contributed by atoms with Crippen LogP contribution in [0.3, 0.4) is 0 Å². The van der Waals surface area contributed by atoms with Gasteiger partial charge in [0.15, 0.2) is 0 Å². The molecule has 0 spiro atoms. The monoisotopic (exact) mass is 394 g/mol. The summed E-state index contributed by atoms with van der Waals surface area (Å²) in [5, 5.41) is 1.24. The lowest BCUT2D eigenvalue weighted by Gasteiger charge is -2.19. The average Bonchev–Trinajstić information content (AvgIpc) is 3.31. The fraction of sp³-hybridized carbons (Fsp3) is 0.348. The summed E-state index contributed by atoms with van der Waals surface area (Å²) in [4.78, 5) is 17.9. The lowest BCUT2D eigenvalue weighted by atomic mass is 9.95. The summed E-state index contributed by atoms with van der Waals surface area (Å²) in [7, 11) is 5.39. The number of carbonyl (C=O) groups excluding carboxylic acids is 1. The van der Waals surface area contributed by atoms with E-state index in [4.69, 9.17) is 4.74 Å². The van der Waals surface area contributed by atoms with Crippen LogP contribution in [0.5, 0.6) is 5.75 Å². The highest BCUT2D eigenvalue weighted by atomic mass is 32.1. The molecule has 2 aromatic carbocycles. The van der Waals surface area contributed by atoms with E-state index < -0.39 is 0 Å². The average molecular weight is 395 g/mol. The van der Waals surface area contributed by atoms with Gasteiger partial charge < -0.3 is 9.64 Å². The van der Waals surface area contributed by atoms with E-state index in [1.54, 1.807) is 23.3 Å². The van der Waals surface area contributed by atoms with Crippen LogP contribution in [0.15, 0.2) is 48.5 Å². The van der Waals surface area contributed by atoms with Gasteiger partial charge in [-0.2, -0.15) is 0 Å². The number of amides is 1. The molecule has 2 heterocycles. The molecule has 0 N–H and O–H groups in total. The predicted molar refractivity (Wildman–Crippen MR) is 115 cm³/mol. The van der Waals surface area contributed by atoms with Crippen LogP contribution in [-0.4, -0.2) is 50.0 Å². The highest BCUT2D eigenvalue weighted by Gasteiger charge is 2.31. The van der Waals surface area contributed by atoms with Crippen molar-refractivity contribution in [1.82, 2.24) is 9.80 Å². The van der Waals surface area contributed by atoms with Crippen molar-refractivity contribution >= 4 is 27.3 Å². The topological polar surface area (TPSA) is 32.8 Å². The van der Waals surface area contributed by atoms with Crippen LogP contribution in [0.1, 0.15) is 33.1 Å². The minimum absolute atomic E-state index is 0.111. The van der Waals surface area contributed by atoms with Crippen molar-refractivity contribution in [2.75, 3.05) is 34.3 Å². The molecule has 146 valence electrons. The molecule has 0 aliphatic carbocycles. The third-order valence-corrected chi connectivity index (χ3v) is 6.68. The fourth-order valence-electron chi connectivity index (χ4n) is 4.12. The normalized spacial score (nSPS) is 17.2. The molecule has 5 heteroatoms. The summed E-state index contributed by atoms with van der Waals surface area (Å²) >= 11 is 1.63.